The molecule has 1 aromatic carbocycles. The Balaban J connectivity index is 2.59. The number of carbonyl (C=O) groups excluding carboxylic acids is 1. The van der Waals surface area contributed by atoms with E-state index >= 15 is 0 Å². The highest BCUT2D eigenvalue weighted by atomic mass is 32.2. The number of amides is 2. The zero-order chi connectivity index (χ0) is 16.6. The fourth-order valence-corrected chi connectivity index (χ4v) is 2.76. The summed E-state index contributed by atoms with van der Waals surface area (Å²) in [4.78, 5) is 13.1. The second-order valence-corrected chi connectivity index (χ2v) is 6.86. The molecule has 1 aromatic rings. The fraction of sp³-hybridized carbons (Fsp3) is 0.500. The molecule has 0 aliphatic rings. The Hall–Kier alpha value is -1.64. The van der Waals surface area contributed by atoms with Crippen molar-refractivity contribution in [2.45, 2.75) is 24.2 Å². The molecule has 7 nitrogen and oxygen atoms in total. The second-order valence-electron chi connectivity index (χ2n) is 5.10. The number of anilines is 1. The number of hydrogen-bond donors (Lipinski definition) is 3. The van der Waals surface area contributed by atoms with E-state index in [0.29, 0.717) is 18.8 Å². The molecule has 8 heteroatoms. The van der Waals surface area contributed by atoms with Crippen LogP contribution in [0.1, 0.15) is 19.3 Å². The molecule has 4 N–H and O–H groups in total. The van der Waals surface area contributed by atoms with Crippen LogP contribution in [-0.2, 0) is 10.0 Å². The van der Waals surface area contributed by atoms with Gasteiger partial charge in [0.05, 0.1) is 4.90 Å². The lowest BCUT2D eigenvalue weighted by Gasteiger charge is -2.12. The number of nitrogens with one attached hydrogen (secondary N) is 2. The molecule has 0 unspecified atom stereocenters. The van der Waals surface area contributed by atoms with Crippen molar-refractivity contribution in [3.8, 4) is 0 Å². The van der Waals surface area contributed by atoms with Gasteiger partial charge in [0.2, 0.25) is 10.0 Å². The van der Waals surface area contributed by atoms with Crippen molar-refractivity contribution in [2.75, 3.05) is 32.5 Å². The summed E-state index contributed by atoms with van der Waals surface area (Å²) >= 11 is 0. The van der Waals surface area contributed by atoms with Crippen LogP contribution in [0.4, 0.5) is 10.5 Å². The quantitative estimate of drug-likeness (QED) is 0.623. The van der Waals surface area contributed by atoms with Crippen LogP contribution < -0.4 is 15.8 Å². The van der Waals surface area contributed by atoms with Crippen LogP contribution in [0.3, 0.4) is 0 Å². The van der Waals surface area contributed by atoms with Gasteiger partial charge in [0, 0.05) is 26.3 Å². The van der Waals surface area contributed by atoms with E-state index in [9.17, 15) is 13.2 Å². The van der Waals surface area contributed by atoms with E-state index < -0.39 is 10.0 Å². The molecule has 0 heterocycles. The number of nitrogens with two attached hydrogens (primary N) is 1. The summed E-state index contributed by atoms with van der Waals surface area (Å²) in [5.74, 6) is 0. The molecular weight excluding hydrogens is 304 g/mol. The third kappa shape index (κ3) is 6.00. The highest BCUT2D eigenvalue weighted by Crippen LogP contribution is 2.14. The Labute approximate surface area is 131 Å². The highest BCUT2D eigenvalue weighted by molar-refractivity contribution is 7.89. The molecule has 0 fully saturated rings. The van der Waals surface area contributed by atoms with Gasteiger partial charge in [-0.3, -0.25) is 0 Å². The van der Waals surface area contributed by atoms with Crippen LogP contribution >= 0.6 is 0 Å². The molecule has 0 aromatic heterocycles. The SMILES string of the molecule is CN(C)C(=O)Nc1ccc(S(=O)(=O)NCCCCCN)cc1. The molecule has 22 heavy (non-hydrogen) atoms. The van der Waals surface area contributed by atoms with Crippen LogP contribution in [-0.4, -0.2) is 46.5 Å². The van der Waals surface area contributed by atoms with Crippen molar-refractivity contribution in [1.82, 2.24) is 9.62 Å². The predicted molar refractivity (Wildman–Crippen MR) is 87.2 cm³/mol. The number of unbranched alkanes of at least 4 members (excludes halogenated alkanes) is 2. The van der Waals surface area contributed by atoms with E-state index in [-0.39, 0.29) is 10.9 Å². The molecule has 0 bridgehead atoms. The number of nitrogens with zero attached hydrogens (tertiary/aromatic N) is 1. The Kier molecular flexibility index (Phi) is 7.30. The van der Waals surface area contributed by atoms with Crippen LogP contribution in [0.5, 0.6) is 0 Å². The smallest absolute Gasteiger partial charge is 0.321 e. The average molecular weight is 328 g/mol. The minimum atomic E-state index is -3.51. The molecule has 0 aliphatic carbocycles. The van der Waals surface area contributed by atoms with E-state index in [1.54, 1.807) is 26.2 Å². The van der Waals surface area contributed by atoms with E-state index in [0.717, 1.165) is 19.3 Å². The topological polar surface area (TPSA) is 105 Å². The number of benzene rings is 1. The highest BCUT2D eigenvalue weighted by Gasteiger charge is 2.13. The first-order valence-electron chi connectivity index (χ1n) is 7.15. The largest absolute Gasteiger partial charge is 0.331 e. The lowest BCUT2D eigenvalue weighted by molar-refractivity contribution is 0.230. The van der Waals surface area contributed by atoms with Crippen molar-refractivity contribution >= 4 is 21.7 Å². The summed E-state index contributed by atoms with van der Waals surface area (Å²) in [6.45, 7) is 1.01. The Bertz CT molecular complexity index is 570. The summed E-state index contributed by atoms with van der Waals surface area (Å²) in [6, 6.07) is 5.78. The molecule has 0 radical (unpaired) electrons. The maximum atomic E-state index is 12.1. The lowest BCUT2D eigenvalue weighted by Crippen LogP contribution is -2.27. The van der Waals surface area contributed by atoms with Gasteiger partial charge in [-0.05, 0) is 43.7 Å². The number of urea groups is 1. The van der Waals surface area contributed by atoms with Gasteiger partial charge in [-0.2, -0.15) is 0 Å². The number of carbonyl (C=O) groups is 1. The minimum absolute atomic E-state index is 0.175. The number of sulfonamides is 1. The Morgan fingerprint density at radius 3 is 2.32 bits per heavy atom. The Morgan fingerprint density at radius 1 is 1.14 bits per heavy atom. The van der Waals surface area contributed by atoms with Gasteiger partial charge in [-0.15, -0.1) is 0 Å². The monoisotopic (exact) mass is 328 g/mol. The Morgan fingerprint density at radius 2 is 1.77 bits per heavy atom. The third-order valence-corrected chi connectivity index (χ3v) is 4.47. The van der Waals surface area contributed by atoms with Gasteiger partial charge in [-0.1, -0.05) is 6.42 Å². The molecule has 0 saturated carbocycles. The molecule has 124 valence electrons. The van der Waals surface area contributed by atoms with Gasteiger partial charge >= 0.3 is 6.03 Å². The van der Waals surface area contributed by atoms with Crippen molar-refractivity contribution in [2.24, 2.45) is 5.73 Å². The van der Waals surface area contributed by atoms with Gasteiger partial charge in [0.1, 0.15) is 0 Å². The van der Waals surface area contributed by atoms with Gasteiger partial charge in [-0.25, -0.2) is 17.9 Å². The summed E-state index contributed by atoms with van der Waals surface area (Å²) in [7, 11) is -0.258. The normalized spacial score (nSPS) is 11.2. The number of hydrogen-bond acceptors (Lipinski definition) is 4. The zero-order valence-corrected chi connectivity index (χ0v) is 13.8. The lowest BCUT2D eigenvalue weighted by atomic mass is 10.2. The molecule has 0 spiro atoms. The average Bonchev–Trinajstić information content (AvgIpc) is 2.47. The van der Waals surface area contributed by atoms with E-state index in [1.807, 2.05) is 0 Å². The summed E-state index contributed by atoms with van der Waals surface area (Å²) in [6.07, 6.45) is 2.55. The van der Waals surface area contributed by atoms with Crippen LogP contribution in [0.2, 0.25) is 0 Å². The van der Waals surface area contributed by atoms with Crippen molar-refractivity contribution in [3.05, 3.63) is 24.3 Å². The first-order valence-corrected chi connectivity index (χ1v) is 8.63. The van der Waals surface area contributed by atoms with E-state index in [1.165, 1.54) is 17.0 Å². The standard InChI is InChI=1S/C14H24N4O3S/c1-18(2)14(19)17-12-6-8-13(9-7-12)22(20,21)16-11-5-3-4-10-15/h6-9,16H,3-5,10-11,15H2,1-2H3,(H,17,19). The van der Waals surface area contributed by atoms with Crippen molar-refractivity contribution < 1.29 is 13.2 Å². The van der Waals surface area contributed by atoms with Crippen LogP contribution in [0, 0.1) is 0 Å². The van der Waals surface area contributed by atoms with Gasteiger partial charge in [0.25, 0.3) is 0 Å². The van der Waals surface area contributed by atoms with Crippen LogP contribution in [0.15, 0.2) is 29.2 Å². The predicted octanol–water partition coefficient (Wildman–Crippen LogP) is 1.19. The minimum Gasteiger partial charge on any atom is -0.331 e. The van der Waals surface area contributed by atoms with Crippen molar-refractivity contribution in [1.29, 1.82) is 0 Å². The van der Waals surface area contributed by atoms with Gasteiger partial charge in [0.15, 0.2) is 0 Å². The number of rotatable bonds is 8. The fourth-order valence-electron chi connectivity index (χ4n) is 1.69. The summed E-state index contributed by atoms with van der Waals surface area (Å²) < 4.78 is 26.7. The van der Waals surface area contributed by atoms with Gasteiger partial charge < -0.3 is 16.0 Å². The molecule has 0 atom stereocenters. The molecule has 0 saturated heterocycles. The molecule has 1 rings (SSSR count). The van der Waals surface area contributed by atoms with E-state index in [2.05, 4.69) is 10.0 Å². The van der Waals surface area contributed by atoms with E-state index in [4.69, 9.17) is 5.73 Å². The van der Waals surface area contributed by atoms with Crippen molar-refractivity contribution in [3.63, 3.8) is 0 Å². The third-order valence-electron chi connectivity index (χ3n) is 3.00. The molecular formula is C14H24N4O3S. The summed E-state index contributed by atoms with van der Waals surface area (Å²) in [5, 5.41) is 2.65. The first-order chi connectivity index (χ1) is 10.4. The maximum absolute atomic E-state index is 12.1. The first kappa shape index (κ1) is 18.4. The summed E-state index contributed by atoms with van der Waals surface area (Å²) in [5.41, 5.74) is 5.93. The molecule has 0 aliphatic heterocycles. The maximum Gasteiger partial charge on any atom is 0.321 e. The second kappa shape index (κ2) is 8.72. The zero-order valence-electron chi connectivity index (χ0n) is 13.0. The van der Waals surface area contributed by atoms with Crippen LogP contribution in [0.25, 0.3) is 0 Å². The molecule has 2 amide bonds.